The highest BCUT2D eigenvalue weighted by atomic mass is 32.1. The number of carbonyl (C=O) groups is 2. The van der Waals surface area contributed by atoms with Crippen molar-refractivity contribution in [1.82, 2.24) is 15.5 Å². The first kappa shape index (κ1) is 19.5. The molecule has 0 aliphatic rings. The van der Waals surface area contributed by atoms with E-state index in [1.807, 2.05) is 25.1 Å². The standard InChI is InChI=1S/C20H20N4O3S/c1-13-6-3-4-9-16(13)19(26)22-20-24-23-17(28-20)10-11-21-18(25)14-7-5-8-15(12-14)27-2/h3-9,12H,10-11H2,1-2H3,(H,21,25)(H,22,24,26). The summed E-state index contributed by atoms with van der Waals surface area (Å²) in [4.78, 5) is 24.5. The van der Waals surface area contributed by atoms with Crippen LogP contribution in [0, 0.1) is 6.92 Å². The fourth-order valence-corrected chi connectivity index (χ4v) is 3.28. The number of rotatable bonds is 7. The second-order valence-corrected chi connectivity index (χ2v) is 7.07. The number of amides is 2. The molecule has 0 aliphatic heterocycles. The molecule has 2 N–H and O–H groups in total. The molecule has 0 saturated heterocycles. The van der Waals surface area contributed by atoms with E-state index in [4.69, 9.17) is 4.74 Å². The van der Waals surface area contributed by atoms with Crippen molar-refractivity contribution >= 4 is 28.3 Å². The minimum atomic E-state index is -0.216. The number of ether oxygens (including phenoxy) is 1. The fourth-order valence-electron chi connectivity index (χ4n) is 2.55. The molecule has 0 spiro atoms. The van der Waals surface area contributed by atoms with Gasteiger partial charge in [-0.3, -0.25) is 14.9 Å². The Labute approximate surface area is 166 Å². The van der Waals surface area contributed by atoms with Crippen LogP contribution in [0.25, 0.3) is 0 Å². The number of hydrogen-bond acceptors (Lipinski definition) is 6. The van der Waals surface area contributed by atoms with Crippen LogP contribution in [0.3, 0.4) is 0 Å². The van der Waals surface area contributed by atoms with Gasteiger partial charge < -0.3 is 10.1 Å². The van der Waals surface area contributed by atoms with Crippen molar-refractivity contribution in [3.63, 3.8) is 0 Å². The molecular formula is C20H20N4O3S. The predicted octanol–water partition coefficient (Wildman–Crippen LogP) is 3.08. The zero-order valence-electron chi connectivity index (χ0n) is 15.6. The minimum absolute atomic E-state index is 0.184. The molecule has 3 rings (SSSR count). The number of methoxy groups -OCH3 is 1. The second kappa shape index (κ2) is 9.09. The van der Waals surface area contributed by atoms with Crippen LogP contribution in [0.2, 0.25) is 0 Å². The lowest BCUT2D eigenvalue weighted by molar-refractivity contribution is 0.0953. The van der Waals surface area contributed by atoms with Gasteiger partial charge in [0.2, 0.25) is 5.13 Å². The Balaban J connectivity index is 1.51. The summed E-state index contributed by atoms with van der Waals surface area (Å²) in [6.07, 6.45) is 0.521. The first-order valence-corrected chi connectivity index (χ1v) is 9.50. The molecule has 0 atom stereocenters. The average Bonchev–Trinajstić information content (AvgIpc) is 3.15. The van der Waals surface area contributed by atoms with E-state index in [1.54, 1.807) is 37.4 Å². The van der Waals surface area contributed by atoms with E-state index in [0.29, 0.717) is 35.0 Å². The van der Waals surface area contributed by atoms with Crippen LogP contribution in [-0.2, 0) is 6.42 Å². The first-order valence-electron chi connectivity index (χ1n) is 8.68. The summed E-state index contributed by atoms with van der Waals surface area (Å²) in [7, 11) is 1.56. The molecular weight excluding hydrogens is 376 g/mol. The number of hydrogen-bond donors (Lipinski definition) is 2. The fraction of sp³-hybridized carbons (Fsp3) is 0.200. The van der Waals surface area contributed by atoms with Gasteiger partial charge in [0, 0.05) is 24.1 Å². The van der Waals surface area contributed by atoms with E-state index in [-0.39, 0.29) is 11.8 Å². The molecule has 28 heavy (non-hydrogen) atoms. The molecule has 0 fully saturated rings. The van der Waals surface area contributed by atoms with E-state index < -0.39 is 0 Å². The van der Waals surface area contributed by atoms with Gasteiger partial charge in [-0.2, -0.15) is 0 Å². The molecule has 0 radical (unpaired) electrons. The van der Waals surface area contributed by atoms with Gasteiger partial charge in [-0.25, -0.2) is 0 Å². The molecule has 1 heterocycles. The topological polar surface area (TPSA) is 93.2 Å². The number of nitrogens with one attached hydrogen (secondary N) is 2. The van der Waals surface area contributed by atoms with Crippen molar-refractivity contribution in [1.29, 1.82) is 0 Å². The second-order valence-electron chi connectivity index (χ2n) is 6.01. The molecule has 0 aliphatic carbocycles. The number of carbonyl (C=O) groups excluding carboxylic acids is 2. The molecule has 2 aromatic carbocycles. The SMILES string of the molecule is COc1cccc(C(=O)NCCc2nnc(NC(=O)c3ccccc3C)s2)c1. The summed E-state index contributed by atoms with van der Waals surface area (Å²) in [5, 5.41) is 14.8. The predicted molar refractivity (Wildman–Crippen MR) is 108 cm³/mol. The van der Waals surface area contributed by atoms with Crippen molar-refractivity contribution in [2.75, 3.05) is 19.0 Å². The van der Waals surface area contributed by atoms with Crippen LogP contribution in [0.5, 0.6) is 5.75 Å². The van der Waals surface area contributed by atoms with E-state index in [0.717, 1.165) is 10.6 Å². The maximum absolute atomic E-state index is 12.3. The molecule has 0 saturated carbocycles. The third-order valence-electron chi connectivity index (χ3n) is 4.03. The third kappa shape index (κ3) is 4.92. The van der Waals surface area contributed by atoms with E-state index in [9.17, 15) is 9.59 Å². The molecule has 3 aromatic rings. The molecule has 2 amide bonds. The van der Waals surface area contributed by atoms with Gasteiger partial charge in [0.25, 0.3) is 11.8 Å². The van der Waals surface area contributed by atoms with Crippen LogP contribution >= 0.6 is 11.3 Å². The average molecular weight is 396 g/mol. The number of nitrogens with zero attached hydrogens (tertiary/aromatic N) is 2. The maximum atomic E-state index is 12.3. The van der Waals surface area contributed by atoms with Crippen molar-refractivity contribution in [3.8, 4) is 5.75 Å². The smallest absolute Gasteiger partial charge is 0.257 e. The quantitative estimate of drug-likeness (QED) is 0.640. The Morgan fingerprint density at radius 2 is 1.89 bits per heavy atom. The molecule has 7 nitrogen and oxygen atoms in total. The van der Waals surface area contributed by atoms with Crippen LogP contribution in [0.15, 0.2) is 48.5 Å². The zero-order valence-corrected chi connectivity index (χ0v) is 16.4. The van der Waals surface area contributed by atoms with Crippen LogP contribution in [-0.4, -0.2) is 35.7 Å². The van der Waals surface area contributed by atoms with Gasteiger partial charge in [-0.1, -0.05) is 35.6 Å². The Hall–Kier alpha value is -3.26. The van der Waals surface area contributed by atoms with Gasteiger partial charge in [0.05, 0.1) is 7.11 Å². The van der Waals surface area contributed by atoms with Gasteiger partial charge in [-0.05, 0) is 36.8 Å². The molecule has 1 aromatic heterocycles. The monoisotopic (exact) mass is 396 g/mol. The van der Waals surface area contributed by atoms with Crippen molar-refractivity contribution in [2.24, 2.45) is 0 Å². The highest BCUT2D eigenvalue weighted by Gasteiger charge is 2.12. The molecule has 144 valence electrons. The van der Waals surface area contributed by atoms with E-state index in [1.165, 1.54) is 11.3 Å². The Bertz CT molecular complexity index is 987. The molecule has 0 bridgehead atoms. The lowest BCUT2D eigenvalue weighted by Crippen LogP contribution is -2.25. The van der Waals surface area contributed by atoms with Gasteiger partial charge in [0.1, 0.15) is 10.8 Å². The largest absolute Gasteiger partial charge is 0.497 e. The lowest BCUT2D eigenvalue weighted by atomic mass is 10.1. The third-order valence-corrected chi connectivity index (χ3v) is 4.93. The Morgan fingerprint density at radius 3 is 2.68 bits per heavy atom. The Kier molecular flexibility index (Phi) is 6.33. The highest BCUT2D eigenvalue weighted by molar-refractivity contribution is 7.15. The summed E-state index contributed by atoms with van der Waals surface area (Å²) >= 11 is 1.29. The summed E-state index contributed by atoms with van der Waals surface area (Å²) in [6.45, 7) is 2.29. The number of anilines is 1. The van der Waals surface area contributed by atoms with Gasteiger partial charge in [-0.15, -0.1) is 10.2 Å². The van der Waals surface area contributed by atoms with Crippen molar-refractivity contribution in [3.05, 3.63) is 70.2 Å². The van der Waals surface area contributed by atoms with E-state index in [2.05, 4.69) is 20.8 Å². The summed E-state index contributed by atoms with van der Waals surface area (Å²) in [6, 6.07) is 14.3. The van der Waals surface area contributed by atoms with Crippen molar-refractivity contribution < 1.29 is 14.3 Å². The van der Waals surface area contributed by atoms with Crippen LogP contribution in [0.1, 0.15) is 31.3 Å². The van der Waals surface area contributed by atoms with Crippen LogP contribution in [0.4, 0.5) is 5.13 Å². The highest BCUT2D eigenvalue weighted by Crippen LogP contribution is 2.18. The number of aryl methyl sites for hydroxylation is 1. The van der Waals surface area contributed by atoms with E-state index >= 15 is 0 Å². The lowest BCUT2D eigenvalue weighted by Gasteiger charge is -2.05. The number of aromatic nitrogens is 2. The molecule has 0 unspecified atom stereocenters. The summed E-state index contributed by atoms with van der Waals surface area (Å²) < 4.78 is 5.12. The first-order chi connectivity index (χ1) is 13.6. The summed E-state index contributed by atoms with van der Waals surface area (Å²) in [5.74, 6) is 0.231. The number of benzene rings is 2. The summed E-state index contributed by atoms with van der Waals surface area (Å²) in [5.41, 5.74) is 2.03. The molecule has 8 heteroatoms. The zero-order chi connectivity index (χ0) is 19.9. The minimum Gasteiger partial charge on any atom is -0.497 e. The van der Waals surface area contributed by atoms with Gasteiger partial charge in [0.15, 0.2) is 0 Å². The normalized spacial score (nSPS) is 10.4. The van der Waals surface area contributed by atoms with Crippen molar-refractivity contribution in [2.45, 2.75) is 13.3 Å². The maximum Gasteiger partial charge on any atom is 0.257 e. The Morgan fingerprint density at radius 1 is 1.07 bits per heavy atom. The van der Waals surface area contributed by atoms with Gasteiger partial charge >= 0.3 is 0 Å². The van der Waals surface area contributed by atoms with Crippen LogP contribution < -0.4 is 15.4 Å².